The molecule has 1 aliphatic heterocycles. The van der Waals surface area contributed by atoms with Gasteiger partial charge in [0.25, 0.3) is 0 Å². The summed E-state index contributed by atoms with van der Waals surface area (Å²) in [5.41, 5.74) is 0.463. The molecule has 2 heteroatoms. The molecule has 1 unspecified atom stereocenters. The van der Waals surface area contributed by atoms with Crippen LogP contribution in [0.1, 0.15) is 39.5 Å². The lowest BCUT2D eigenvalue weighted by Gasteiger charge is -2.26. The Morgan fingerprint density at radius 3 is 2.33 bits per heavy atom. The minimum Gasteiger partial charge on any atom is -0.348 e. The molecule has 1 saturated carbocycles. The molecule has 0 radical (unpaired) electrons. The molecule has 1 saturated heterocycles. The second-order valence-corrected chi connectivity index (χ2v) is 4.45. The first-order valence-electron chi connectivity index (χ1n) is 4.96. The van der Waals surface area contributed by atoms with Gasteiger partial charge in [0.05, 0.1) is 13.2 Å². The van der Waals surface area contributed by atoms with Crippen molar-refractivity contribution in [2.75, 3.05) is 13.2 Å². The predicted octanol–water partition coefficient (Wildman–Crippen LogP) is 2.33. The van der Waals surface area contributed by atoms with Crippen LogP contribution in [0.5, 0.6) is 0 Å². The maximum Gasteiger partial charge on any atom is 0.169 e. The molecule has 0 N–H and O–H groups in total. The topological polar surface area (TPSA) is 18.5 Å². The third-order valence-corrected chi connectivity index (χ3v) is 3.47. The van der Waals surface area contributed by atoms with Crippen LogP contribution in [-0.2, 0) is 9.47 Å². The lowest BCUT2D eigenvalue weighted by Crippen LogP contribution is -2.27. The first-order valence-corrected chi connectivity index (χ1v) is 4.96. The molecule has 0 aromatic heterocycles. The lowest BCUT2D eigenvalue weighted by atomic mass is 9.86. The van der Waals surface area contributed by atoms with Gasteiger partial charge in [-0.2, -0.15) is 0 Å². The Balaban J connectivity index is 2.05. The molecule has 0 aromatic rings. The number of hydrogen-bond donors (Lipinski definition) is 0. The summed E-state index contributed by atoms with van der Waals surface area (Å²) in [5.74, 6) is -0.176. The molecule has 2 fully saturated rings. The summed E-state index contributed by atoms with van der Waals surface area (Å²) in [7, 11) is 0. The van der Waals surface area contributed by atoms with Crippen molar-refractivity contribution in [3.63, 3.8) is 0 Å². The van der Waals surface area contributed by atoms with E-state index in [1.807, 2.05) is 0 Å². The van der Waals surface area contributed by atoms with Gasteiger partial charge in [-0.05, 0) is 11.8 Å². The van der Waals surface area contributed by atoms with Gasteiger partial charge in [-0.15, -0.1) is 0 Å². The van der Waals surface area contributed by atoms with Crippen molar-refractivity contribution >= 4 is 0 Å². The second-order valence-electron chi connectivity index (χ2n) is 4.45. The van der Waals surface area contributed by atoms with Crippen molar-refractivity contribution in [3.8, 4) is 0 Å². The Kier molecular flexibility index (Phi) is 1.92. The van der Waals surface area contributed by atoms with Crippen molar-refractivity contribution in [1.82, 2.24) is 0 Å². The van der Waals surface area contributed by atoms with Gasteiger partial charge >= 0.3 is 0 Å². The molecule has 0 bridgehead atoms. The van der Waals surface area contributed by atoms with E-state index in [-0.39, 0.29) is 5.79 Å². The highest BCUT2D eigenvalue weighted by Gasteiger charge is 2.48. The van der Waals surface area contributed by atoms with Crippen LogP contribution in [-0.4, -0.2) is 19.0 Å². The molecule has 1 heterocycles. The summed E-state index contributed by atoms with van der Waals surface area (Å²) in [6, 6.07) is 0. The van der Waals surface area contributed by atoms with E-state index < -0.39 is 0 Å². The molecule has 2 rings (SSSR count). The Labute approximate surface area is 74.2 Å². The van der Waals surface area contributed by atoms with Crippen LogP contribution in [0.3, 0.4) is 0 Å². The Bertz CT molecular complexity index is 173. The Morgan fingerprint density at radius 1 is 1.17 bits per heavy atom. The van der Waals surface area contributed by atoms with Gasteiger partial charge in [0.15, 0.2) is 5.79 Å². The van der Waals surface area contributed by atoms with Crippen LogP contribution < -0.4 is 0 Å². The fraction of sp³-hybridized carbons (Fsp3) is 1.00. The quantitative estimate of drug-likeness (QED) is 0.601. The molecular formula is C10H18O2. The third kappa shape index (κ3) is 1.27. The van der Waals surface area contributed by atoms with Crippen molar-refractivity contribution in [1.29, 1.82) is 0 Å². The van der Waals surface area contributed by atoms with E-state index in [1.165, 1.54) is 12.8 Å². The molecule has 1 aliphatic carbocycles. The summed E-state index contributed by atoms with van der Waals surface area (Å²) < 4.78 is 11.4. The molecule has 2 aliphatic rings. The molecule has 12 heavy (non-hydrogen) atoms. The van der Waals surface area contributed by atoms with Gasteiger partial charge in [-0.25, -0.2) is 0 Å². The first kappa shape index (κ1) is 8.52. The fourth-order valence-electron chi connectivity index (χ4n) is 2.36. The maximum atomic E-state index is 5.68. The predicted molar refractivity (Wildman–Crippen MR) is 46.9 cm³/mol. The van der Waals surface area contributed by atoms with Crippen molar-refractivity contribution in [2.24, 2.45) is 5.41 Å². The van der Waals surface area contributed by atoms with E-state index in [0.717, 1.165) is 26.1 Å². The Hall–Kier alpha value is -0.0800. The molecule has 1 spiro atoms. The zero-order valence-electron chi connectivity index (χ0n) is 8.06. The highest BCUT2D eigenvalue weighted by Crippen LogP contribution is 2.49. The summed E-state index contributed by atoms with van der Waals surface area (Å²) >= 11 is 0. The van der Waals surface area contributed by atoms with E-state index in [2.05, 4.69) is 13.8 Å². The molecule has 0 amide bonds. The van der Waals surface area contributed by atoms with Crippen molar-refractivity contribution in [3.05, 3.63) is 0 Å². The SMILES string of the molecule is CCC1(C)CCC2(C1)OCCO2. The third-order valence-electron chi connectivity index (χ3n) is 3.47. The molecular weight excluding hydrogens is 152 g/mol. The minimum absolute atomic E-state index is 0.176. The maximum absolute atomic E-state index is 5.68. The largest absolute Gasteiger partial charge is 0.348 e. The molecule has 0 aromatic carbocycles. The van der Waals surface area contributed by atoms with Crippen LogP contribution in [0.4, 0.5) is 0 Å². The first-order chi connectivity index (χ1) is 5.68. The summed E-state index contributed by atoms with van der Waals surface area (Å²) in [5, 5.41) is 0. The lowest BCUT2D eigenvalue weighted by molar-refractivity contribution is -0.156. The van der Waals surface area contributed by atoms with E-state index in [9.17, 15) is 0 Å². The van der Waals surface area contributed by atoms with Crippen LogP contribution in [0.2, 0.25) is 0 Å². The molecule has 2 nitrogen and oxygen atoms in total. The zero-order valence-corrected chi connectivity index (χ0v) is 8.06. The minimum atomic E-state index is -0.176. The van der Waals surface area contributed by atoms with Crippen LogP contribution in [0.15, 0.2) is 0 Å². The number of ether oxygens (including phenoxy) is 2. The van der Waals surface area contributed by atoms with Gasteiger partial charge in [0.1, 0.15) is 0 Å². The normalized spacial score (nSPS) is 39.5. The van der Waals surface area contributed by atoms with Crippen LogP contribution in [0, 0.1) is 5.41 Å². The van der Waals surface area contributed by atoms with E-state index in [4.69, 9.17) is 9.47 Å². The van der Waals surface area contributed by atoms with Crippen molar-refractivity contribution < 1.29 is 9.47 Å². The monoisotopic (exact) mass is 170 g/mol. The van der Waals surface area contributed by atoms with Gasteiger partial charge in [-0.3, -0.25) is 0 Å². The van der Waals surface area contributed by atoms with E-state index >= 15 is 0 Å². The summed E-state index contributed by atoms with van der Waals surface area (Å²) in [6.45, 7) is 6.18. The van der Waals surface area contributed by atoms with Gasteiger partial charge < -0.3 is 9.47 Å². The molecule has 70 valence electrons. The number of rotatable bonds is 1. The van der Waals surface area contributed by atoms with Crippen molar-refractivity contribution in [2.45, 2.75) is 45.3 Å². The molecule has 1 atom stereocenters. The van der Waals surface area contributed by atoms with E-state index in [0.29, 0.717) is 5.41 Å². The zero-order chi connectivity index (χ0) is 8.66. The van der Waals surface area contributed by atoms with Gasteiger partial charge in [-0.1, -0.05) is 20.3 Å². The average Bonchev–Trinajstić information content (AvgIpc) is 2.63. The average molecular weight is 170 g/mol. The fourth-order valence-corrected chi connectivity index (χ4v) is 2.36. The number of hydrogen-bond acceptors (Lipinski definition) is 2. The second kappa shape index (κ2) is 2.71. The van der Waals surface area contributed by atoms with Crippen LogP contribution >= 0.6 is 0 Å². The van der Waals surface area contributed by atoms with Gasteiger partial charge in [0.2, 0.25) is 0 Å². The van der Waals surface area contributed by atoms with E-state index in [1.54, 1.807) is 0 Å². The van der Waals surface area contributed by atoms with Gasteiger partial charge in [0, 0.05) is 12.8 Å². The highest BCUT2D eigenvalue weighted by molar-refractivity contribution is 4.92. The Morgan fingerprint density at radius 2 is 1.83 bits per heavy atom. The smallest absolute Gasteiger partial charge is 0.169 e. The van der Waals surface area contributed by atoms with Crippen LogP contribution in [0.25, 0.3) is 0 Å². The highest BCUT2D eigenvalue weighted by atomic mass is 16.7. The summed E-state index contributed by atoms with van der Waals surface area (Å²) in [6.07, 6.45) is 4.68. The summed E-state index contributed by atoms with van der Waals surface area (Å²) in [4.78, 5) is 0. The standard InChI is InChI=1S/C10H18O2/c1-3-9(2)4-5-10(8-9)11-6-7-12-10/h3-8H2,1-2H3.